The predicted molar refractivity (Wildman–Crippen MR) is 102 cm³/mol. The van der Waals surface area contributed by atoms with Crippen LogP contribution in [-0.4, -0.2) is 34.7 Å². The topological polar surface area (TPSA) is 35.9 Å². The molecule has 2 aromatic carbocycles. The summed E-state index contributed by atoms with van der Waals surface area (Å²) in [5.74, 6) is 0.164. The number of anilines is 1. The Morgan fingerprint density at radius 3 is 2.25 bits per heavy atom. The fourth-order valence-corrected chi connectivity index (χ4v) is 3.57. The summed E-state index contributed by atoms with van der Waals surface area (Å²) in [6, 6.07) is 14.9. The molecule has 0 unspecified atom stereocenters. The van der Waals surface area contributed by atoms with Crippen molar-refractivity contribution in [2.24, 2.45) is 4.99 Å². The number of alkyl halides is 4. The molecule has 1 saturated heterocycles. The Bertz CT molecular complexity index is 841. The van der Waals surface area contributed by atoms with Gasteiger partial charge in [0.15, 0.2) is 5.17 Å². The summed E-state index contributed by atoms with van der Waals surface area (Å²) in [5.41, 5.74) is 1.80. The summed E-state index contributed by atoms with van der Waals surface area (Å²) in [6.45, 7) is -1.93. The Hall–Kier alpha value is -2.55. The Morgan fingerprint density at radius 2 is 1.64 bits per heavy atom. The van der Waals surface area contributed by atoms with Crippen molar-refractivity contribution in [3.63, 3.8) is 0 Å². The van der Waals surface area contributed by atoms with E-state index >= 15 is 0 Å². The molecule has 0 aliphatic carbocycles. The molecule has 2 amide bonds. The molecular weight excluding hydrogens is 394 g/mol. The zero-order valence-corrected chi connectivity index (χ0v) is 15.5. The number of carbonyl (C=O) groups is 1. The zero-order chi connectivity index (χ0) is 20.1. The number of benzene rings is 2. The number of para-hydroxylation sites is 1. The van der Waals surface area contributed by atoms with Crippen molar-refractivity contribution >= 4 is 28.6 Å². The number of hydrogen-bond acceptors (Lipinski definition) is 3. The van der Waals surface area contributed by atoms with E-state index in [1.54, 1.807) is 48.5 Å². The van der Waals surface area contributed by atoms with Crippen LogP contribution in [0.5, 0.6) is 0 Å². The lowest BCUT2D eigenvalue weighted by atomic mass is 10.1. The van der Waals surface area contributed by atoms with E-state index < -0.39 is 25.4 Å². The largest absolute Gasteiger partial charge is 0.408 e. The minimum Gasteiger partial charge on any atom is -0.284 e. The third kappa shape index (κ3) is 5.03. The molecule has 0 radical (unpaired) electrons. The van der Waals surface area contributed by atoms with E-state index in [1.165, 1.54) is 9.80 Å². The van der Waals surface area contributed by atoms with Crippen molar-refractivity contribution in [2.75, 3.05) is 17.3 Å². The summed E-state index contributed by atoms with van der Waals surface area (Å²) in [5, 5.41) is 0.0177. The smallest absolute Gasteiger partial charge is 0.284 e. The zero-order valence-electron chi connectivity index (χ0n) is 14.7. The monoisotopic (exact) mass is 411 g/mol. The third-order valence-electron chi connectivity index (χ3n) is 3.99. The van der Waals surface area contributed by atoms with Crippen LogP contribution in [0.15, 0.2) is 59.6 Å². The van der Waals surface area contributed by atoms with Crippen LogP contribution in [0, 0.1) is 0 Å². The molecule has 3 rings (SSSR count). The molecular formula is C19H17F4N3OS. The van der Waals surface area contributed by atoms with Crippen molar-refractivity contribution in [1.29, 1.82) is 0 Å². The lowest BCUT2D eigenvalue weighted by molar-refractivity contribution is -0.118. The minimum atomic E-state index is -4.46. The van der Waals surface area contributed by atoms with Crippen LogP contribution in [0.25, 0.3) is 0 Å². The number of thioether (sulfide) groups is 1. The maximum atomic E-state index is 13.0. The van der Waals surface area contributed by atoms with Crippen molar-refractivity contribution in [2.45, 2.75) is 19.4 Å². The van der Waals surface area contributed by atoms with Crippen LogP contribution in [0.2, 0.25) is 0 Å². The van der Waals surface area contributed by atoms with Crippen molar-refractivity contribution < 1.29 is 22.4 Å². The van der Waals surface area contributed by atoms with Crippen LogP contribution in [-0.2, 0) is 13.2 Å². The molecule has 1 aliphatic rings. The molecule has 1 aliphatic heterocycles. The first-order valence-electron chi connectivity index (χ1n) is 8.39. The minimum absolute atomic E-state index is 0.0177. The Balaban J connectivity index is 1.87. The van der Waals surface area contributed by atoms with E-state index in [0.717, 1.165) is 11.8 Å². The molecule has 0 saturated carbocycles. The van der Waals surface area contributed by atoms with Gasteiger partial charge in [-0.3, -0.25) is 14.8 Å². The summed E-state index contributed by atoms with van der Waals surface area (Å²) in [7, 11) is 0. The maximum absolute atomic E-state index is 13.0. The van der Waals surface area contributed by atoms with Crippen molar-refractivity contribution in [3.8, 4) is 0 Å². The summed E-state index contributed by atoms with van der Waals surface area (Å²) in [4.78, 5) is 19.3. The van der Waals surface area contributed by atoms with Gasteiger partial charge in [-0.2, -0.15) is 13.2 Å². The Labute approximate surface area is 163 Å². The molecule has 0 atom stereocenters. The van der Waals surface area contributed by atoms with E-state index in [0.29, 0.717) is 16.8 Å². The quantitative estimate of drug-likeness (QED) is 0.634. The average Bonchev–Trinajstić information content (AvgIpc) is 2.69. The molecule has 0 aromatic heterocycles. The Morgan fingerprint density at radius 1 is 1.00 bits per heavy atom. The van der Waals surface area contributed by atoms with Gasteiger partial charge in [0.05, 0.1) is 12.4 Å². The van der Waals surface area contributed by atoms with Crippen LogP contribution >= 0.6 is 11.8 Å². The summed E-state index contributed by atoms with van der Waals surface area (Å²) < 4.78 is 50.6. The molecule has 148 valence electrons. The van der Waals surface area contributed by atoms with Crippen LogP contribution in [0.1, 0.15) is 11.1 Å². The van der Waals surface area contributed by atoms with Gasteiger partial charge in [-0.25, -0.2) is 9.18 Å². The van der Waals surface area contributed by atoms with E-state index in [4.69, 9.17) is 0 Å². The standard InChI is InChI=1S/C19H17F4N3OS/c20-10-14-6-8-15(9-7-14)11-25-17(24-12-19(21,22)23)28-13-26(18(25)27)16-4-2-1-3-5-16/h1-9H,10-13H2/b24-17+. The molecule has 28 heavy (non-hydrogen) atoms. The lowest BCUT2D eigenvalue weighted by Gasteiger charge is -2.36. The van der Waals surface area contributed by atoms with Gasteiger partial charge in [-0.15, -0.1) is 0 Å². The van der Waals surface area contributed by atoms with Gasteiger partial charge in [-0.05, 0) is 23.3 Å². The van der Waals surface area contributed by atoms with Gasteiger partial charge in [0, 0.05) is 5.69 Å². The van der Waals surface area contributed by atoms with E-state index in [9.17, 15) is 22.4 Å². The van der Waals surface area contributed by atoms with Crippen LogP contribution in [0.4, 0.5) is 28.0 Å². The second-order valence-electron chi connectivity index (χ2n) is 6.07. The average molecular weight is 411 g/mol. The van der Waals surface area contributed by atoms with Gasteiger partial charge in [-0.1, -0.05) is 54.2 Å². The van der Waals surface area contributed by atoms with E-state index in [1.807, 2.05) is 6.07 Å². The summed E-state index contributed by atoms with van der Waals surface area (Å²) in [6.07, 6.45) is -4.46. The highest BCUT2D eigenvalue weighted by atomic mass is 32.2. The number of halogens is 4. The third-order valence-corrected chi connectivity index (χ3v) is 4.99. The van der Waals surface area contributed by atoms with E-state index in [-0.39, 0.29) is 17.6 Å². The number of rotatable bonds is 5. The van der Waals surface area contributed by atoms with Gasteiger partial charge in [0.25, 0.3) is 0 Å². The van der Waals surface area contributed by atoms with Crippen molar-refractivity contribution in [1.82, 2.24) is 4.90 Å². The highest BCUT2D eigenvalue weighted by molar-refractivity contribution is 8.14. The molecule has 4 nitrogen and oxygen atoms in total. The number of carbonyl (C=O) groups excluding carboxylic acids is 1. The highest BCUT2D eigenvalue weighted by Crippen LogP contribution is 2.28. The molecule has 0 spiro atoms. The SMILES string of the molecule is O=C1N(Cc2ccc(CF)cc2)/C(=N\CC(F)(F)F)SCN1c1ccccc1. The van der Waals surface area contributed by atoms with Gasteiger partial charge in [0.1, 0.15) is 13.2 Å². The number of amidine groups is 1. The first-order valence-corrected chi connectivity index (χ1v) is 9.38. The fourth-order valence-electron chi connectivity index (χ4n) is 2.62. The highest BCUT2D eigenvalue weighted by Gasteiger charge is 2.34. The van der Waals surface area contributed by atoms with Crippen LogP contribution < -0.4 is 4.90 Å². The number of urea groups is 1. The van der Waals surface area contributed by atoms with Crippen molar-refractivity contribution in [3.05, 3.63) is 65.7 Å². The van der Waals surface area contributed by atoms with Gasteiger partial charge < -0.3 is 0 Å². The molecule has 1 heterocycles. The molecule has 9 heteroatoms. The molecule has 0 bridgehead atoms. The number of nitrogens with zero attached hydrogens (tertiary/aromatic N) is 3. The molecule has 0 N–H and O–H groups in total. The van der Waals surface area contributed by atoms with Crippen LogP contribution in [0.3, 0.4) is 0 Å². The predicted octanol–water partition coefficient (Wildman–Crippen LogP) is 5.21. The number of aliphatic imine (C=N–C) groups is 1. The van der Waals surface area contributed by atoms with Gasteiger partial charge >= 0.3 is 12.2 Å². The summed E-state index contributed by atoms with van der Waals surface area (Å²) >= 11 is 1.07. The first-order chi connectivity index (χ1) is 13.4. The second-order valence-corrected chi connectivity index (χ2v) is 6.98. The maximum Gasteiger partial charge on any atom is 0.408 e. The Kier molecular flexibility index (Phi) is 6.23. The first kappa shape index (κ1) is 20.2. The second kappa shape index (κ2) is 8.64. The molecule has 2 aromatic rings. The normalized spacial score (nSPS) is 16.7. The number of hydrogen-bond donors (Lipinski definition) is 0. The fraction of sp³-hybridized carbons (Fsp3) is 0.263. The van der Waals surface area contributed by atoms with E-state index in [2.05, 4.69) is 4.99 Å². The molecule has 1 fully saturated rings. The van der Waals surface area contributed by atoms with Gasteiger partial charge in [0.2, 0.25) is 0 Å². The number of amides is 2. The lowest BCUT2D eigenvalue weighted by Crippen LogP contribution is -2.50.